The fourth-order valence-corrected chi connectivity index (χ4v) is 1.64. The fraction of sp³-hybridized carbons (Fsp3) is 0.267. The molecule has 0 aliphatic heterocycles. The maximum Gasteiger partial charge on any atom is 0.338 e. The fourth-order valence-electron chi connectivity index (χ4n) is 1.64. The number of aryl methyl sites for hydroxylation is 1. The van der Waals surface area contributed by atoms with E-state index in [9.17, 15) is 9.59 Å². The quantitative estimate of drug-likeness (QED) is 0.855. The molecule has 0 unspecified atom stereocenters. The minimum absolute atomic E-state index is 0.207. The van der Waals surface area contributed by atoms with Crippen molar-refractivity contribution in [3.63, 3.8) is 0 Å². The third-order valence-corrected chi connectivity index (χ3v) is 2.68. The third-order valence-electron chi connectivity index (χ3n) is 2.68. The van der Waals surface area contributed by atoms with E-state index in [0.29, 0.717) is 23.6 Å². The van der Waals surface area contributed by atoms with Gasteiger partial charge in [-0.1, -0.05) is 12.1 Å². The van der Waals surface area contributed by atoms with Crippen molar-refractivity contribution in [2.24, 2.45) is 0 Å². The number of esters is 1. The maximum absolute atomic E-state index is 11.9. The molecule has 0 spiro atoms. The predicted molar refractivity (Wildman–Crippen MR) is 76.2 cm³/mol. The number of amides is 1. The molecule has 2 aromatic rings. The van der Waals surface area contributed by atoms with E-state index in [1.165, 1.54) is 0 Å². The van der Waals surface area contributed by atoms with Crippen molar-refractivity contribution in [2.45, 2.75) is 20.3 Å². The summed E-state index contributed by atoms with van der Waals surface area (Å²) in [7, 11) is 0. The molecule has 0 aliphatic carbocycles. The van der Waals surface area contributed by atoms with E-state index in [0.717, 1.165) is 6.42 Å². The minimum Gasteiger partial charge on any atom is -0.462 e. The highest BCUT2D eigenvalue weighted by atomic mass is 16.5. The monoisotopic (exact) mass is 288 g/mol. The second-order valence-electron chi connectivity index (χ2n) is 4.49. The van der Waals surface area contributed by atoms with Gasteiger partial charge in [-0.25, -0.2) is 4.79 Å². The molecule has 0 saturated carbocycles. The summed E-state index contributed by atoms with van der Waals surface area (Å²) in [6, 6.07) is 8.01. The molecule has 1 aromatic carbocycles. The van der Waals surface area contributed by atoms with Gasteiger partial charge in [0.15, 0.2) is 5.69 Å². The van der Waals surface area contributed by atoms with Crippen LogP contribution < -0.4 is 5.32 Å². The van der Waals surface area contributed by atoms with Crippen LogP contribution >= 0.6 is 0 Å². The second-order valence-corrected chi connectivity index (χ2v) is 4.49. The van der Waals surface area contributed by atoms with Crippen molar-refractivity contribution in [1.82, 2.24) is 5.16 Å². The minimum atomic E-state index is -0.373. The van der Waals surface area contributed by atoms with E-state index in [1.54, 1.807) is 37.3 Å². The number of nitrogens with one attached hydrogen (secondary N) is 1. The normalized spacial score (nSPS) is 10.2. The zero-order valence-corrected chi connectivity index (χ0v) is 11.9. The number of carbonyl (C=O) groups excluding carboxylic acids is 2. The molecule has 1 heterocycles. The molecule has 0 radical (unpaired) electrons. The number of ether oxygens (including phenoxy) is 1. The molecular weight excluding hydrogens is 272 g/mol. The Bertz CT molecular complexity index is 631. The molecule has 0 atom stereocenters. The molecule has 1 aromatic heterocycles. The lowest BCUT2D eigenvalue weighted by Crippen LogP contribution is -2.12. The van der Waals surface area contributed by atoms with E-state index in [-0.39, 0.29) is 17.6 Å². The summed E-state index contributed by atoms with van der Waals surface area (Å²) in [6.07, 6.45) is 0.775. The van der Waals surface area contributed by atoms with Crippen LogP contribution in [0, 0.1) is 6.92 Å². The number of aromatic nitrogens is 1. The van der Waals surface area contributed by atoms with Crippen molar-refractivity contribution >= 4 is 17.6 Å². The predicted octanol–water partition coefficient (Wildman–Crippen LogP) is 2.80. The van der Waals surface area contributed by atoms with Crippen molar-refractivity contribution in [2.75, 3.05) is 11.9 Å². The third kappa shape index (κ3) is 3.92. The summed E-state index contributed by atoms with van der Waals surface area (Å²) >= 11 is 0. The van der Waals surface area contributed by atoms with Crippen LogP contribution in [0.1, 0.15) is 40.0 Å². The zero-order chi connectivity index (χ0) is 15.2. The van der Waals surface area contributed by atoms with E-state index in [4.69, 9.17) is 9.26 Å². The van der Waals surface area contributed by atoms with Gasteiger partial charge in [-0.15, -0.1) is 0 Å². The van der Waals surface area contributed by atoms with E-state index in [1.807, 2.05) is 6.92 Å². The summed E-state index contributed by atoms with van der Waals surface area (Å²) < 4.78 is 9.86. The molecule has 0 aliphatic rings. The maximum atomic E-state index is 11.9. The van der Waals surface area contributed by atoms with Crippen LogP contribution in [0.4, 0.5) is 5.69 Å². The molecule has 21 heavy (non-hydrogen) atoms. The highest BCUT2D eigenvalue weighted by Crippen LogP contribution is 2.12. The Morgan fingerprint density at radius 3 is 2.57 bits per heavy atom. The first-order valence-electron chi connectivity index (χ1n) is 6.62. The molecule has 6 nitrogen and oxygen atoms in total. The van der Waals surface area contributed by atoms with Crippen LogP contribution in [0.5, 0.6) is 0 Å². The standard InChI is InChI=1S/C15H16N2O4/c1-3-8-20-15(19)11-4-6-12(7-5-11)16-14(18)13-9-10(2)21-17-13/h4-7,9H,3,8H2,1-2H3,(H,16,18). The summed E-state index contributed by atoms with van der Waals surface area (Å²) in [6.45, 7) is 4.03. The van der Waals surface area contributed by atoms with E-state index < -0.39 is 0 Å². The van der Waals surface area contributed by atoms with Gasteiger partial charge in [-0.3, -0.25) is 4.79 Å². The van der Waals surface area contributed by atoms with Crippen LogP contribution in [0.2, 0.25) is 0 Å². The van der Waals surface area contributed by atoms with Crippen LogP contribution in [-0.2, 0) is 4.74 Å². The number of anilines is 1. The van der Waals surface area contributed by atoms with Gasteiger partial charge < -0.3 is 14.6 Å². The number of carbonyl (C=O) groups is 2. The molecule has 1 N–H and O–H groups in total. The molecule has 110 valence electrons. The molecule has 0 saturated heterocycles. The van der Waals surface area contributed by atoms with Gasteiger partial charge >= 0.3 is 5.97 Å². The van der Waals surface area contributed by atoms with Gasteiger partial charge in [0, 0.05) is 11.8 Å². The van der Waals surface area contributed by atoms with Gasteiger partial charge in [0.05, 0.1) is 12.2 Å². The van der Waals surface area contributed by atoms with Crippen molar-refractivity contribution in [1.29, 1.82) is 0 Å². The summed E-state index contributed by atoms with van der Waals surface area (Å²) in [5, 5.41) is 6.30. The number of hydrogen-bond acceptors (Lipinski definition) is 5. The summed E-state index contributed by atoms with van der Waals surface area (Å²) in [5.41, 5.74) is 1.21. The molecule has 0 fully saturated rings. The van der Waals surface area contributed by atoms with Gasteiger partial charge in [0.2, 0.25) is 0 Å². The van der Waals surface area contributed by atoms with Crippen LogP contribution in [0.3, 0.4) is 0 Å². The first kappa shape index (κ1) is 14.8. The Kier molecular flexibility index (Phi) is 4.71. The SMILES string of the molecule is CCCOC(=O)c1ccc(NC(=O)c2cc(C)on2)cc1. The molecule has 2 rings (SSSR count). The lowest BCUT2D eigenvalue weighted by Gasteiger charge is -2.05. The van der Waals surface area contributed by atoms with Gasteiger partial charge in [0.1, 0.15) is 5.76 Å². The number of hydrogen-bond donors (Lipinski definition) is 1. The molecule has 1 amide bonds. The number of rotatable bonds is 5. The Morgan fingerprint density at radius 2 is 2.00 bits per heavy atom. The topological polar surface area (TPSA) is 81.4 Å². The summed E-state index contributed by atoms with van der Waals surface area (Å²) in [5.74, 6) is -0.177. The van der Waals surface area contributed by atoms with Crippen LogP contribution in [0.15, 0.2) is 34.9 Å². The average Bonchev–Trinajstić information content (AvgIpc) is 2.92. The Labute approximate surface area is 122 Å². The Hall–Kier alpha value is -2.63. The average molecular weight is 288 g/mol. The number of benzene rings is 1. The second kappa shape index (κ2) is 6.69. The van der Waals surface area contributed by atoms with Gasteiger partial charge in [0.25, 0.3) is 5.91 Å². The highest BCUT2D eigenvalue weighted by molar-refractivity contribution is 6.03. The zero-order valence-electron chi connectivity index (χ0n) is 11.9. The lowest BCUT2D eigenvalue weighted by molar-refractivity contribution is 0.0505. The molecule has 0 bridgehead atoms. The van der Waals surface area contributed by atoms with E-state index >= 15 is 0 Å². The molecule has 6 heteroatoms. The van der Waals surface area contributed by atoms with E-state index in [2.05, 4.69) is 10.5 Å². The highest BCUT2D eigenvalue weighted by Gasteiger charge is 2.12. The smallest absolute Gasteiger partial charge is 0.338 e. The first-order valence-corrected chi connectivity index (χ1v) is 6.62. The van der Waals surface area contributed by atoms with Crippen molar-refractivity contribution in [3.05, 3.63) is 47.3 Å². The molecular formula is C15H16N2O4. The van der Waals surface area contributed by atoms with Gasteiger partial charge in [-0.2, -0.15) is 0 Å². The Morgan fingerprint density at radius 1 is 1.29 bits per heavy atom. The lowest BCUT2D eigenvalue weighted by atomic mass is 10.2. The van der Waals surface area contributed by atoms with Gasteiger partial charge in [-0.05, 0) is 37.6 Å². The Balaban J connectivity index is 1.99. The largest absolute Gasteiger partial charge is 0.462 e. The first-order chi connectivity index (χ1) is 10.1. The number of nitrogens with zero attached hydrogens (tertiary/aromatic N) is 1. The van der Waals surface area contributed by atoms with Crippen LogP contribution in [0.25, 0.3) is 0 Å². The van der Waals surface area contributed by atoms with Crippen molar-refractivity contribution < 1.29 is 18.8 Å². The summed E-state index contributed by atoms with van der Waals surface area (Å²) in [4.78, 5) is 23.5. The van der Waals surface area contributed by atoms with Crippen molar-refractivity contribution in [3.8, 4) is 0 Å². The van der Waals surface area contributed by atoms with Crippen LogP contribution in [-0.4, -0.2) is 23.6 Å².